The van der Waals surface area contributed by atoms with Crippen LogP contribution in [0.15, 0.2) is 0 Å². The third kappa shape index (κ3) is 3.19. The standard InChI is InChI=1S/C5H11NOSe/c1-2-3-4(6)5(7)8/h4H,2-3,6H2,1H3,(H,7,8). The van der Waals surface area contributed by atoms with Crippen LogP contribution in [0.25, 0.3) is 0 Å². The van der Waals surface area contributed by atoms with Crippen LogP contribution in [0.1, 0.15) is 19.8 Å². The van der Waals surface area contributed by atoms with Crippen LogP contribution < -0.4 is 5.73 Å². The van der Waals surface area contributed by atoms with Gasteiger partial charge < -0.3 is 0 Å². The van der Waals surface area contributed by atoms with Gasteiger partial charge in [0.1, 0.15) is 0 Å². The quantitative estimate of drug-likeness (QED) is 0.590. The minimum absolute atomic E-state index is 0.167. The van der Waals surface area contributed by atoms with Crippen LogP contribution in [-0.2, 0) is 0 Å². The summed E-state index contributed by atoms with van der Waals surface area (Å²) < 4.78 is 0.215. The zero-order chi connectivity index (χ0) is 6.57. The summed E-state index contributed by atoms with van der Waals surface area (Å²) in [6.07, 6.45) is 1.85. The van der Waals surface area contributed by atoms with Gasteiger partial charge in [-0.15, -0.1) is 0 Å². The fourth-order valence-corrected chi connectivity index (χ4v) is 0.682. The molecule has 0 amide bonds. The summed E-state index contributed by atoms with van der Waals surface area (Å²) in [5.74, 6) is 0. The van der Waals surface area contributed by atoms with Gasteiger partial charge in [-0.25, -0.2) is 0 Å². The van der Waals surface area contributed by atoms with Crippen LogP contribution >= 0.6 is 0 Å². The van der Waals surface area contributed by atoms with E-state index in [1.54, 1.807) is 0 Å². The molecule has 3 N–H and O–H groups in total. The van der Waals surface area contributed by atoms with E-state index in [1.165, 1.54) is 0 Å². The van der Waals surface area contributed by atoms with Gasteiger partial charge >= 0.3 is 56.8 Å². The van der Waals surface area contributed by atoms with Gasteiger partial charge in [-0.1, -0.05) is 0 Å². The van der Waals surface area contributed by atoms with Crippen LogP contribution in [0.4, 0.5) is 0 Å². The number of hydrogen-bond acceptors (Lipinski definition) is 2. The van der Waals surface area contributed by atoms with E-state index < -0.39 is 0 Å². The van der Waals surface area contributed by atoms with Crippen molar-refractivity contribution in [1.82, 2.24) is 0 Å². The Labute approximate surface area is 57.4 Å². The van der Waals surface area contributed by atoms with E-state index in [2.05, 4.69) is 15.6 Å². The first-order valence-corrected chi connectivity index (χ1v) is 3.52. The summed E-state index contributed by atoms with van der Waals surface area (Å²) in [6, 6.07) is -0.167. The molecule has 0 saturated heterocycles. The molecule has 0 aliphatic rings. The summed E-state index contributed by atoms with van der Waals surface area (Å²) in [5, 5.41) is 8.69. The van der Waals surface area contributed by atoms with Gasteiger partial charge in [-0.3, -0.25) is 0 Å². The molecule has 0 aromatic heterocycles. The van der Waals surface area contributed by atoms with Crippen molar-refractivity contribution in [1.29, 1.82) is 0 Å². The normalized spacial score (nSPS) is 13.2. The third-order valence-corrected chi connectivity index (χ3v) is 1.55. The molecule has 1 atom stereocenters. The first-order chi connectivity index (χ1) is 3.68. The molecule has 48 valence electrons. The zero-order valence-corrected chi connectivity index (χ0v) is 6.64. The maximum atomic E-state index is 8.69. The summed E-state index contributed by atoms with van der Waals surface area (Å²) in [7, 11) is 0. The van der Waals surface area contributed by atoms with Crippen LogP contribution in [0.5, 0.6) is 0 Å². The summed E-state index contributed by atoms with van der Waals surface area (Å²) in [4.78, 5) is 0. The second kappa shape index (κ2) is 4.07. The molecular formula is C5H11NOSe. The molecule has 0 bridgehead atoms. The van der Waals surface area contributed by atoms with Gasteiger partial charge in [0.15, 0.2) is 0 Å². The number of hydrogen-bond donors (Lipinski definition) is 2. The molecule has 0 radical (unpaired) electrons. The van der Waals surface area contributed by atoms with Crippen LogP contribution in [0.3, 0.4) is 0 Å². The minimum atomic E-state index is -0.167. The average molecular weight is 180 g/mol. The van der Waals surface area contributed by atoms with E-state index in [0.29, 0.717) is 0 Å². The predicted molar refractivity (Wildman–Crippen MR) is 35.6 cm³/mol. The molecule has 2 nitrogen and oxygen atoms in total. The summed E-state index contributed by atoms with van der Waals surface area (Å²) in [6.45, 7) is 2.03. The average Bonchev–Trinajstić information content (AvgIpc) is 1.67. The van der Waals surface area contributed by atoms with Gasteiger partial charge in [0.05, 0.1) is 0 Å². The molecule has 0 aliphatic carbocycles. The van der Waals surface area contributed by atoms with Crippen molar-refractivity contribution >= 4 is 20.2 Å². The molecule has 0 rings (SSSR count). The molecule has 3 heteroatoms. The Bertz CT molecular complexity index is 84.5. The summed E-state index contributed by atoms with van der Waals surface area (Å²) in [5.41, 5.74) is 5.41. The topological polar surface area (TPSA) is 46.2 Å². The first kappa shape index (κ1) is 8.15. The van der Waals surface area contributed by atoms with E-state index in [4.69, 9.17) is 10.8 Å². The van der Waals surface area contributed by atoms with Crippen molar-refractivity contribution in [2.75, 3.05) is 0 Å². The van der Waals surface area contributed by atoms with Gasteiger partial charge in [0.25, 0.3) is 0 Å². The number of rotatable bonds is 3. The fourth-order valence-electron chi connectivity index (χ4n) is 0.434. The van der Waals surface area contributed by atoms with Crippen molar-refractivity contribution in [3.63, 3.8) is 0 Å². The molecule has 8 heavy (non-hydrogen) atoms. The van der Waals surface area contributed by atoms with Crippen molar-refractivity contribution in [3.05, 3.63) is 0 Å². The Morgan fingerprint density at radius 1 is 1.88 bits per heavy atom. The second-order valence-electron chi connectivity index (χ2n) is 1.73. The zero-order valence-electron chi connectivity index (χ0n) is 4.92. The Morgan fingerprint density at radius 3 is 2.50 bits per heavy atom. The molecule has 0 spiro atoms. The molecule has 0 aromatic carbocycles. The Morgan fingerprint density at radius 2 is 2.38 bits per heavy atom. The first-order valence-electron chi connectivity index (χ1n) is 2.67. The van der Waals surface area contributed by atoms with Crippen molar-refractivity contribution in [2.45, 2.75) is 25.8 Å². The van der Waals surface area contributed by atoms with Crippen molar-refractivity contribution in [3.8, 4) is 0 Å². The Kier molecular flexibility index (Phi) is 4.15. The van der Waals surface area contributed by atoms with E-state index in [1.807, 2.05) is 6.92 Å². The van der Waals surface area contributed by atoms with Crippen LogP contribution in [0.2, 0.25) is 0 Å². The SMILES string of the molecule is CCCC(N)C(O)=[Se]. The Balaban J connectivity index is 3.32. The number of nitrogens with two attached hydrogens (primary N) is 1. The predicted octanol–water partition coefficient (Wildman–Crippen LogP) is -0.215. The van der Waals surface area contributed by atoms with E-state index in [9.17, 15) is 0 Å². The molecule has 0 heterocycles. The van der Waals surface area contributed by atoms with Crippen LogP contribution in [0, 0.1) is 0 Å². The maximum absolute atomic E-state index is 8.69. The molecule has 0 aromatic rings. The Hall–Kier alpha value is 0.149. The van der Waals surface area contributed by atoms with E-state index in [0.717, 1.165) is 12.8 Å². The monoisotopic (exact) mass is 181 g/mol. The van der Waals surface area contributed by atoms with Gasteiger partial charge in [-0.05, 0) is 0 Å². The fraction of sp³-hybridized carbons (Fsp3) is 0.800. The molecular weight excluding hydrogens is 169 g/mol. The number of aliphatic hydroxyl groups is 1. The number of aliphatic hydroxyl groups excluding tert-OH is 1. The molecule has 1 unspecified atom stereocenters. The van der Waals surface area contributed by atoms with Gasteiger partial charge in [0, 0.05) is 0 Å². The van der Waals surface area contributed by atoms with Crippen molar-refractivity contribution in [2.24, 2.45) is 5.73 Å². The van der Waals surface area contributed by atoms with Crippen molar-refractivity contribution < 1.29 is 5.11 Å². The molecule has 0 saturated carbocycles. The van der Waals surface area contributed by atoms with Gasteiger partial charge in [0.2, 0.25) is 0 Å². The molecule has 0 fully saturated rings. The molecule has 0 aliphatic heterocycles. The second-order valence-corrected chi connectivity index (χ2v) is 2.61. The van der Waals surface area contributed by atoms with E-state index >= 15 is 0 Å². The van der Waals surface area contributed by atoms with E-state index in [-0.39, 0.29) is 10.6 Å². The third-order valence-electron chi connectivity index (χ3n) is 0.917. The van der Waals surface area contributed by atoms with Gasteiger partial charge in [-0.2, -0.15) is 0 Å². The summed E-state index contributed by atoms with van der Waals surface area (Å²) >= 11 is 2.47. The van der Waals surface area contributed by atoms with Crippen LogP contribution in [-0.4, -0.2) is 31.3 Å².